The standard InChI is InChI=1S/C14H21NO2S/c1-10(2)18(16,17)14-5-3-11(4-6-14)7-12-8-13(15)9-12/h3-6,10,12-13H,7-9,15H2,1-2H3. The van der Waals surface area contributed by atoms with Crippen molar-refractivity contribution in [3.8, 4) is 0 Å². The fourth-order valence-electron chi connectivity index (χ4n) is 2.37. The van der Waals surface area contributed by atoms with E-state index in [-0.39, 0.29) is 5.25 Å². The van der Waals surface area contributed by atoms with E-state index >= 15 is 0 Å². The van der Waals surface area contributed by atoms with Crippen molar-refractivity contribution >= 4 is 9.84 Å². The van der Waals surface area contributed by atoms with E-state index in [0.29, 0.717) is 16.9 Å². The summed E-state index contributed by atoms with van der Waals surface area (Å²) in [6, 6.07) is 7.68. The molecule has 100 valence electrons. The minimum absolute atomic E-state index is 0.368. The summed E-state index contributed by atoms with van der Waals surface area (Å²) in [4.78, 5) is 0.423. The summed E-state index contributed by atoms with van der Waals surface area (Å²) in [6.07, 6.45) is 3.19. The summed E-state index contributed by atoms with van der Waals surface area (Å²) < 4.78 is 23.9. The van der Waals surface area contributed by atoms with E-state index in [1.165, 1.54) is 5.56 Å². The van der Waals surface area contributed by atoms with E-state index in [1.807, 2.05) is 12.1 Å². The van der Waals surface area contributed by atoms with E-state index in [2.05, 4.69) is 0 Å². The lowest BCUT2D eigenvalue weighted by atomic mass is 9.77. The normalized spacial score (nSPS) is 24.0. The van der Waals surface area contributed by atoms with Crippen molar-refractivity contribution in [2.45, 2.75) is 49.3 Å². The Bertz CT molecular complexity index is 499. The van der Waals surface area contributed by atoms with Gasteiger partial charge in [-0.25, -0.2) is 8.42 Å². The second-order valence-electron chi connectivity index (χ2n) is 5.54. The maximum absolute atomic E-state index is 12.0. The predicted molar refractivity (Wildman–Crippen MR) is 73.2 cm³/mol. The van der Waals surface area contributed by atoms with Crippen molar-refractivity contribution < 1.29 is 8.42 Å². The van der Waals surface area contributed by atoms with Crippen LogP contribution in [0.1, 0.15) is 32.3 Å². The molecule has 0 amide bonds. The molecule has 0 aliphatic heterocycles. The molecule has 0 aromatic heterocycles. The van der Waals surface area contributed by atoms with Crippen LogP contribution in [0.15, 0.2) is 29.2 Å². The van der Waals surface area contributed by atoms with E-state index in [4.69, 9.17) is 5.73 Å². The smallest absolute Gasteiger partial charge is 0.180 e. The van der Waals surface area contributed by atoms with Crippen LogP contribution in [0.25, 0.3) is 0 Å². The van der Waals surface area contributed by atoms with E-state index < -0.39 is 9.84 Å². The molecule has 1 aliphatic carbocycles. The lowest BCUT2D eigenvalue weighted by molar-refractivity contribution is 0.264. The maximum Gasteiger partial charge on any atom is 0.180 e. The molecule has 0 radical (unpaired) electrons. The quantitative estimate of drug-likeness (QED) is 0.909. The molecule has 0 unspecified atom stereocenters. The topological polar surface area (TPSA) is 60.2 Å². The van der Waals surface area contributed by atoms with Gasteiger partial charge in [0, 0.05) is 6.04 Å². The summed E-state index contributed by atoms with van der Waals surface area (Å²) >= 11 is 0. The summed E-state index contributed by atoms with van der Waals surface area (Å²) in [6.45, 7) is 3.41. The van der Waals surface area contributed by atoms with Gasteiger partial charge in [-0.15, -0.1) is 0 Å². The monoisotopic (exact) mass is 267 g/mol. The molecular weight excluding hydrogens is 246 g/mol. The van der Waals surface area contributed by atoms with Crippen LogP contribution < -0.4 is 5.73 Å². The number of benzene rings is 1. The fraction of sp³-hybridized carbons (Fsp3) is 0.571. The Hall–Kier alpha value is -0.870. The van der Waals surface area contributed by atoms with E-state index in [0.717, 1.165) is 19.3 Å². The maximum atomic E-state index is 12.0. The van der Waals surface area contributed by atoms with Crippen LogP contribution in [0.3, 0.4) is 0 Å². The number of hydrogen-bond donors (Lipinski definition) is 1. The Morgan fingerprint density at radius 2 is 1.78 bits per heavy atom. The first-order chi connectivity index (χ1) is 8.39. The summed E-state index contributed by atoms with van der Waals surface area (Å²) in [7, 11) is -3.14. The molecule has 1 aromatic rings. The van der Waals surface area contributed by atoms with Crippen molar-refractivity contribution in [1.82, 2.24) is 0 Å². The first-order valence-corrected chi connectivity index (χ1v) is 8.02. The van der Waals surface area contributed by atoms with Gasteiger partial charge in [0.25, 0.3) is 0 Å². The number of rotatable bonds is 4. The zero-order chi connectivity index (χ0) is 13.3. The van der Waals surface area contributed by atoms with Gasteiger partial charge in [-0.2, -0.15) is 0 Å². The van der Waals surface area contributed by atoms with Gasteiger partial charge in [0.15, 0.2) is 9.84 Å². The van der Waals surface area contributed by atoms with Crippen molar-refractivity contribution in [3.63, 3.8) is 0 Å². The third kappa shape index (κ3) is 2.75. The SMILES string of the molecule is CC(C)S(=O)(=O)c1ccc(CC2CC(N)C2)cc1. The average molecular weight is 267 g/mol. The van der Waals surface area contributed by atoms with Gasteiger partial charge in [-0.05, 0) is 56.7 Å². The average Bonchev–Trinajstić information content (AvgIpc) is 2.27. The van der Waals surface area contributed by atoms with Gasteiger partial charge in [-0.1, -0.05) is 12.1 Å². The molecule has 2 N–H and O–H groups in total. The first kappa shape index (κ1) is 13.6. The van der Waals surface area contributed by atoms with Crippen molar-refractivity contribution in [1.29, 1.82) is 0 Å². The highest BCUT2D eigenvalue weighted by molar-refractivity contribution is 7.92. The highest BCUT2D eigenvalue weighted by atomic mass is 32.2. The highest BCUT2D eigenvalue weighted by Gasteiger charge is 2.26. The molecule has 1 saturated carbocycles. The molecule has 0 saturated heterocycles. The minimum Gasteiger partial charge on any atom is -0.328 e. The molecule has 1 aromatic carbocycles. The fourth-order valence-corrected chi connectivity index (χ4v) is 3.43. The second-order valence-corrected chi connectivity index (χ2v) is 8.04. The molecule has 0 heterocycles. The van der Waals surface area contributed by atoms with Crippen molar-refractivity contribution in [3.05, 3.63) is 29.8 Å². The molecule has 4 heteroatoms. The molecule has 0 bridgehead atoms. The van der Waals surface area contributed by atoms with Gasteiger partial charge in [0.2, 0.25) is 0 Å². The summed E-state index contributed by atoms with van der Waals surface area (Å²) in [5.74, 6) is 0.674. The Balaban J connectivity index is 2.06. The zero-order valence-corrected chi connectivity index (χ0v) is 11.8. The van der Waals surface area contributed by atoms with Gasteiger partial charge in [0.1, 0.15) is 0 Å². The Labute approximate surface area is 109 Å². The van der Waals surface area contributed by atoms with Crippen LogP contribution in [0.4, 0.5) is 0 Å². The lowest BCUT2D eigenvalue weighted by Crippen LogP contribution is -2.37. The van der Waals surface area contributed by atoms with Crippen LogP contribution >= 0.6 is 0 Å². The molecule has 3 nitrogen and oxygen atoms in total. The van der Waals surface area contributed by atoms with Crippen LogP contribution in [0, 0.1) is 5.92 Å². The van der Waals surface area contributed by atoms with Crippen LogP contribution in [0.2, 0.25) is 0 Å². The van der Waals surface area contributed by atoms with E-state index in [9.17, 15) is 8.42 Å². The molecule has 2 rings (SSSR count). The Morgan fingerprint density at radius 1 is 1.22 bits per heavy atom. The number of hydrogen-bond acceptors (Lipinski definition) is 3. The third-order valence-corrected chi connectivity index (χ3v) is 5.84. The summed E-state index contributed by atoms with van der Waals surface area (Å²) in [5, 5.41) is -0.368. The summed E-state index contributed by atoms with van der Waals surface area (Å²) in [5.41, 5.74) is 6.96. The van der Waals surface area contributed by atoms with Crippen LogP contribution in [-0.2, 0) is 16.3 Å². The highest BCUT2D eigenvalue weighted by Crippen LogP contribution is 2.29. The molecule has 1 aliphatic rings. The van der Waals surface area contributed by atoms with Crippen molar-refractivity contribution in [2.24, 2.45) is 11.7 Å². The van der Waals surface area contributed by atoms with Gasteiger partial charge in [-0.3, -0.25) is 0 Å². The van der Waals surface area contributed by atoms with E-state index in [1.54, 1.807) is 26.0 Å². The second kappa shape index (κ2) is 5.02. The molecule has 0 atom stereocenters. The molecule has 0 spiro atoms. The van der Waals surface area contributed by atoms with Crippen LogP contribution in [0.5, 0.6) is 0 Å². The first-order valence-electron chi connectivity index (χ1n) is 6.48. The lowest BCUT2D eigenvalue weighted by Gasteiger charge is -2.32. The van der Waals surface area contributed by atoms with Gasteiger partial charge < -0.3 is 5.73 Å². The molecular formula is C14H21NO2S. The van der Waals surface area contributed by atoms with Gasteiger partial charge >= 0.3 is 0 Å². The Kier molecular flexibility index (Phi) is 3.78. The van der Waals surface area contributed by atoms with Gasteiger partial charge in [0.05, 0.1) is 10.1 Å². The Morgan fingerprint density at radius 3 is 2.22 bits per heavy atom. The van der Waals surface area contributed by atoms with Crippen molar-refractivity contribution in [2.75, 3.05) is 0 Å². The third-order valence-electron chi connectivity index (χ3n) is 3.67. The molecule has 1 fully saturated rings. The largest absolute Gasteiger partial charge is 0.328 e. The molecule has 18 heavy (non-hydrogen) atoms. The predicted octanol–water partition coefficient (Wildman–Crippen LogP) is 2.15. The minimum atomic E-state index is -3.14. The van der Waals surface area contributed by atoms with Crippen LogP contribution in [-0.4, -0.2) is 19.7 Å². The number of nitrogens with two attached hydrogens (primary N) is 1. The zero-order valence-electron chi connectivity index (χ0n) is 11.0. The number of sulfone groups is 1.